The lowest BCUT2D eigenvalue weighted by Gasteiger charge is -2.24. The third kappa shape index (κ3) is 4.07. The van der Waals surface area contributed by atoms with Gasteiger partial charge < -0.3 is 10.2 Å². The largest absolute Gasteiger partial charge is 0.339 e. The monoisotopic (exact) mass is 353 g/mol. The number of rotatable bonds is 5. The molecule has 1 aromatic heterocycles. The van der Waals surface area contributed by atoms with Gasteiger partial charge in [0.25, 0.3) is 5.91 Å². The lowest BCUT2D eigenvalue weighted by molar-refractivity contribution is -0.133. The first kappa shape index (κ1) is 18.0. The molecule has 1 N–H and O–H groups in total. The number of nitrogens with zero attached hydrogens (tertiary/aromatic N) is 2. The fourth-order valence-corrected chi connectivity index (χ4v) is 3.16. The summed E-state index contributed by atoms with van der Waals surface area (Å²) in [5.74, 6) is -0.282. The van der Waals surface area contributed by atoms with E-state index in [1.165, 1.54) is 4.90 Å². The SMILES string of the molecule is CC(C)C[C@H](NC(=O)c1ccc2ccccc2n1)C(=O)N1CCC(=O)C1. The Morgan fingerprint density at radius 2 is 1.96 bits per heavy atom. The molecule has 1 aliphatic heterocycles. The van der Waals surface area contributed by atoms with Gasteiger partial charge in [-0.1, -0.05) is 38.1 Å². The second kappa shape index (κ2) is 7.64. The number of amides is 2. The van der Waals surface area contributed by atoms with E-state index in [4.69, 9.17) is 0 Å². The van der Waals surface area contributed by atoms with Crippen LogP contribution in [0.25, 0.3) is 10.9 Å². The van der Waals surface area contributed by atoms with Gasteiger partial charge in [-0.3, -0.25) is 14.4 Å². The van der Waals surface area contributed by atoms with Crippen LogP contribution in [-0.2, 0) is 9.59 Å². The molecule has 1 atom stereocenters. The Bertz CT molecular complexity index is 847. The van der Waals surface area contributed by atoms with Crippen LogP contribution < -0.4 is 5.32 Å². The fourth-order valence-electron chi connectivity index (χ4n) is 3.16. The first-order chi connectivity index (χ1) is 12.4. The van der Waals surface area contributed by atoms with E-state index >= 15 is 0 Å². The van der Waals surface area contributed by atoms with Gasteiger partial charge in [-0.05, 0) is 24.5 Å². The van der Waals surface area contributed by atoms with Crippen LogP contribution in [-0.4, -0.2) is 46.6 Å². The van der Waals surface area contributed by atoms with Gasteiger partial charge in [-0.15, -0.1) is 0 Å². The number of carbonyl (C=O) groups excluding carboxylic acids is 3. The van der Waals surface area contributed by atoms with Crippen molar-refractivity contribution in [2.24, 2.45) is 5.92 Å². The fraction of sp³-hybridized carbons (Fsp3) is 0.400. The molecular weight excluding hydrogens is 330 g/mol. The molecule has 0 spiro atoms. The van der Waals surface area contributed by atoms with Gasteiger partial charge in [0.1, 0.15) is 11.7 Å². The first-order valence-electron chi connectivity index (χ1n) is 8.91. The quantitative estimate of drug-likeness (QED) is 0.893. The lowest BCUT2D eigenvalue weighted by atomic mass is 10.0. The van der Waals surface area contributed by atoms with E-state index in [0.717, 1.165) is 10.9 Å². The summed E-state index contributed by atoms with van der Waals surface area (Å²) in [6.07, 6.45) is 0.906. The molecule has 2 amide bonds. The molecule has 0 aliphatic carbocycles. The van der Waals surface area contributed by atoms with Gasteiger partial charge in [0.2, 0.25) is 5.91 Å². The third-order valence-electron chi connectivity index (χ3n) is 4.48. The number of para-hydroxylation sites is 1. The van der Waals surface area contributed by atoms with Gasteiger partial charge in [0, 0.05) is 18.4 Å². The van der Waals surface area contributed by atoms with E-state index in [1.807, 2.05) is 44.2 Å². The molecule has 0 radical (unpaired) electrons. The normalized spacial score (nSPS) is 15.5. The Balaban J connectivity index is 1.77. The number of nitrogens with one attached hydrogen (secondary N) is 1. The molecule has 3 rings (SSSR count). The lowest BCUT2D eigenvalue weighted by Crippen LogP contribution is -2.48. The highest BCUT2D eigenvalue weighted by molar-refractivity contribution is 5.99. The average molecular weight is 353 g/mol. The second-order valence-electron chi connectivity index (χ2n) is 7.09. The predicted octanol–water partition coefficient (Wildman–Crippen LogP) is 2.18. The van der Waals surface area contributed by atoms with Crippen molar-refractivity contribution in [1.82, 2.24) is 15.2 Å². The Morgan fingerprint density at radius 3 is 2.65 bits per heavy atom. The first-order valence-corrected chi connectivity index (χ1v) is 8.91. The minimum absolute atomic E-state index is 0.0594. The molecular formula is C20H23N3O3. The smallest absolute Gasteiger partial charge is 0.270 e. The van der Waals surface area contributed by atoms with Crippen LogP contribution in [0.4, 0.5) is 0 Å². The zero-order valence-electron chi connectivity index (χ0n) is 15.1. The number of carbonyl (C=O) groups is 3. The summed E-state index contributed by atoms with van der Waals surface area (Å²) in [7, 11) is 0. The van der Waals surface area contributed by atoms with Crippen LogP contribution in [0.15, 0.2) is 36.4 Å². The molecule has 6 heteroatoms. The van der Waals surface area contributed by atoms with Crippen LogP contribution in [0.5, 0.6) is 0 Å². The molecule has 26 heavy (non-hydrogen) atoms. The van der Waals surface area contributed by atoms with E-state index in [9.17, 15) is 14.4 Å². The minimum atomic E-state index is -0.651. The van der Waals surface area contributed by atoms with E-state index in [-0.39, 0.29) is 35.8 Å². The van der Waals surface area contributed by atoms with Gasteiger partial charge in [0.15, 0.2) is 5.78 Å². The maximum Gasteiger partial charge on any atom is 0.270 e. The number of ketones is 1. The summed E-state index contributed by atoms with van der Waals surface area (Å²) in [5, 5.41) is 3.77. The Hall–Kier alpha value is -2.76. The summed E-state index contributed by atoms with van der Waals surface area (Å²) in [6, 6.07) is 10.4. The van der Waals surface area contributed by atoms with Crippen molar-refractivity contribution in [3.8, 4) is 0 Å². The summed E-state index contributed by atoms with van der Waals surface area (Å²) in [5.41, 5.74) is 1.01. The topological polar surface area (TPSA) is 79.4 Å². The van der Waals surface area contributed by atoms with Gasteiger partial charge >= 0.3 is 0 Å². The predicted molar refractivity (Wildman–Crippen MR) is 98.7 cm³/mol. The van der Waals surface area contributed by atoms with Gasteiger partial charge in [-0.25, -0.2) is 4.98 Å². The average Bonchev–Trinajstić information content (AvgIpc) is 3.06. The molecule has 6 nitrogen and oxygen atoms in total. The molecule has 1 saturated heterocycles. The van der Waals surface area contributed by atoms with Crippen molar-refractivity contribution in [1.29, 1.82) is 0 Å². The zero-order chi connectivity index (χ0) is 18.7. The van der Waals surface area contributed by atoms with E-state index < -0.39 is 6.04 Å². The highest BCUT2D eigenvalue weighted by Gasteiger charge is 2.31. The summed E-state index contributed by atoms with van der Waals surface area (Å²) >= 11 is 0. The van der Waals surface area contributed by atoms with Crippen LogP contribution in [0.2, 0.25) is 0 Å². The minimum Gasteiger partial charge on any atom is -0.339 e. The maximum absolute atomic E-state index is 12.7. The maximum atomic E-state index is 12.7. The second-order valence-corrected chi connectivity index (χ2v) is 7.09. The molecule has 1 fully saturated rings. The molecule has 1 aromatic carbocycles. The number of hydrogen-bond donors (Lipinski definition) is 1. The van der Waals surface area contributed by atoms with E-state index in [2.05, 4.69) is 10.3 Å². The van der Waals surface area contributed by atoms with Crippen molar-refractivity contribution in [3.63, 3.8) is 0 Å². The van der Waals surface area contributed by atoms with Gasteiger partial charge in [0.05, 0.1) is 12.1 Å². The Kier molecular flexibility index (Phi) is 5.30. The number of Topliss-reactive ketones (excluding diaryl/α,β-unsaturated/α-hetero) is 1. The van der Waals surface area contributed by atoms with Crippen molar-refractivity contribution in [2.75, 3.05) is 13.1 Å². The van der Waals surface area contributed by atoms with Crippen LogP contribution >= 0.6 is 0 Å². The standard InChI is InChI=1S/C20H23N3O3/c1-13(2)11-18(20(26)23-10-9-15(24)12-23)22-19(25)17-8-7-14-5-3-4-6-16(14)21-17/h3-8,13,18H,9-12H2,1-2H3,(H,22,25)/t18-/m0/s1. The highest BCUT2D eigenvalue weighted by atomic mass is 16.2. The number of likely N-dealkylation sites (tertiary alicyclic amines) is 1. The molecule has 2 aromatic rings. The Morgan fingerprint density at radius 1 is 1.19 bits per heavy atom. The number of pyridine rings is 1. The summed E-state index contributed by atoms with van der Waals surface area (Å²) in [6.45, 7) is 4.56. The zero-order valence-corrected chi connectivity index (χ0v) is 15.1. The van der Waals surface area contributed by atoms with Crippen molar-refractivity contribution in [2.45, 2.75) is 32.7 Å². The third-order valence-corrected chi connectivity index (χ3v) is 4.48. The molecule has 0 saturated carbocycles. The van der Waals surface area contributed by atoms with Crippen LogP contribution in [0.1, 0.15) is 37.2 Å². The summed E-state index contributed by atoms with van der Waals surface area (Å²) < 4.78 is 0. The number of benzene rings is 1. The highest BCUT2D eigenvalue weighted by Crippen LogP contribution is 2.15. The van der Waals surface area contributed by atoms with Crippen molar-refractivity contribution < 1.29 is 14.4 Å². The molecule has 0 bridgehead atoms. The Labute approximate surface area is 152 Å². The van der Waals surface area contributed by atoms with Crippen LogP contribution in [0.3, 0.4) is 0 Å². The van der Waals surface area contributed by atoms with Crippen LogP contribution in [0, 0.1) is 5.92 Å². The van der Waals surface area contributed by atoms with E-state index in [1.54, 1.807) is 6.07 Å². The number of hydrogen-bond acceptors (Lipinski definition) is 4. The number of aromatic nitrogens is 1. The molecule has 0 unspecified atom stereocenters. The molecule has 2 heterocycles. The van der Waals surface area contributed by atoms with E-state index in [0.29, 0.717) is 19.4 Å². The number of fused-ring (bicyclic) bond motifs is 1. The van der Waals surface area contributed by atoms with Gasteiger partial charge in [-0.2, -0.15) is 0 Å². The molecule has 136 valence electrons. The molecule has 1 aliphatic rings. The summed E-state index contributed by atoms with van der Waals surface area (Å²) in [4.78, 5) is 42.8. The van der Waals surface area contributed by atoms with Crippen molar-refractivity contribution in [3.05, 3.63) is 42.1 Å². The van der Waals surface area contributed by atoms with Crippen molar-refractivity contribution >= 4 is 28.5 Å².